The second kappa shape index (κ2) is 9.09. The fourth-order valence-corrected chi connectivity index (χ4v) is 4.33. The summed E-state index contributed by atoms with van der Waals surface area (Å²) >= 11 is 1.71. The first kappa shape index (κ1) is 19.5. The molecule has 0 spiro atoms. The molecule has 5 nitrogen and oxygen atoms in total. The van der Waals surface area contributed by atoms with Crippen molar-refractivity contribution in [2.75, 3.05) is 38.2 Å². The van der Waals surface area contributed by atoms with Gasteiger partial charge in [-0.2, -0.15) is 0 Å². The molecule has 0 N–H and O–H groups in total. The van der Waals surface area contributed by atoms with E-state index >= 15 is 0 Å². The van der Waals surface area contributed by atoms with E-state index in [9.17, 15) is 4.79 Å². The fraction of sp³-hybridized carbons (Fsp3) is 0.261. The second-order valence-electron chi connectivity index (χ2n) is 6.86. The van der Waals surface area contributed by atoms with Crippen molar-refractivity contribution in [2.24, 2.45) is 0 Å². The van der Waals surface area contributed by atoms with Gasteiger partial charge in [0.05, 0.1) is 13.4 Å². The second-order valence-corrected chi connectivity index (χ2v) is 7.91. The van der Waals surface area contributed by atoms with E-state index < -0.39 is 0 Å². The van der Waals surface area contributed by atoms with Crippen molar-refractivity contribution in [1.82, 2.24) is 4.90 Å². The fourth-order valence-electron chi connectivity index (χ4n) is 3.43. The number of carbonyl (C=O) groups is 1. The molecule has 1 aliphatic heterocycles. The summed E-state index contributed by atoms with van der Waals surface area (Å²) in [7, 11) is 1.67. The van der Waals surface area contributed by atoms with Crippen LogP contribution in [0.1, 0.15) is 16.1 Å². The van der Waals surface area contributed by atoms with Gasteiger partial charge < -0.3 is 19.0 Å². The molecule has 1 amide bonds. The number of hydrogen-bond acceptors (Lipinski definition) is 5. The van der Waals surface area contributed by atoms with Gasteiger partial charge in [0.2, 0.25) is 0 Å². The molecule has 0 bridgehead atoms. The molecule has 0 unspecified atom stereocenters. The number of methoxy groups -OCH3 is 1. The Hall–Kier alpha value is -2.86. The van der Waals surface area contributed by atoms with Gasteiger partial charge >= 0.3 is 0 Å². The van der Waals surface area contributed by atoms with Gasteiger partial charge in [-0.05, 0) is 30.3 Å². The number of hydrogen-bond donors (Lipinski definition) is 0. The normalized spacial score (nSPS) is 14.1. The highest BCUT2D eigenvalue weighted by Crippen LogP contribution is 2.26. The van der Waals surface area contributed by atoms with E-state index in [0.717, 1.165) is 30.1 Å². The van der Waals surface area contributed by atoms with E-state index in [0.29, 0.717) is 24.6 Å². The van der Waals surface area contributed by atoms with Crippen LogP contribution in [-0.4, -0.2) is 44.1 Å². The van der Waals surface area contributed by atoms with Gasteiger partial charge in [0.15, 0.2) is 5.76 Å². The van der Waals surface area contributed by atoms with E-state index in [1.165, 1.54) is 4.90 Å². The van der Waals surface area contributed by atoms with E-state index in [1.54, 1.807) is 25.1 Å². The lowest BCUT2D eigenvalue weighted by Gasteiger charge is -2.36. The molecule has 0 aliphatic carbocycles. The number of furan rings is 1. The van der Waals surface area contributed by atoms with Crippen molar-refractivity contribution in [3.63, 3.8) is 0 Å². The molecule has 0 radical (unpaired) electrons. The number of amides is 1. The first-order valence-corrected chi connectivity index (χ1v) is 10.7. The Morgan fingerprint density at radius 3 is 2.59 bits per heavy atom. The smallest absolute Gasteiger partial charge is 0.289 e. The number of anilines is 1. The molecular weight excluding hydrogens is 384 g/mol. The summed E-state index contributed by atoms with van der Waals surface area (Å²) in [5.41, 5.74) is 2.06. The highest BCUT2D eigenvalue weighted by molar-refractivity contribution is 7.98. The summed E-state index contributed by atoms with van der Waals surface area (Å²) in [5.74, 6) is 2.00. The van der Waals surface area contributed by atoms with Gasteiger partial charge in [0.1, 0.15) is 5.75 Å². The number of ether oxygens (including phenoxy) is 1. The molecule has 2 aromatic carbocycles. The Labute approximate surface area is 175 Å². The summed E-state index contributed by atoms with van der Waals surface area (Å²) in [4.78, 5) is 18.4. The summed E-state index contributed by atoms with van der Waals surface area (Å²) in [6.07, 6.45) is 1.61. The van der Waals surface area contributed by atoms with Gasteiger partial charge in [0, 0.05) is 54.1 Å². The van der Waals surface area contributed by atoms with Crippen molar-refractivity contribution in [2.45, 2.75) is 10.6 Å². The van der Waals surface area contributed by atoms with Crippen LogP contribution in [0.4, 0.5) is 5.69 Å². The quantitative estimate of drug-likeness (QED) is 0.560. The zero-order valence-electron chi connectivity index (χ0n) is 16.4. The molecule has 4 rings (SSSR count). The number of rotatable bonds is 6. The third-order valence-corrected chi connectivity index (χ3v) is 6.12. The third kappa shape index (κ3) is 4.59. The van der Waals surface area contributed by atoms with Crippen LogP contribution < -0.4 is 9.64 Å². The van der Waals surface area contributed by atoms with Crippen LogP contribution in [-0.2, 0) is 5.75 Å². The Morgan fingerprint density at radius 2 is 1.83 bits per heavy atom. The number of piperazine rings is 1. The van der Waals surface area contributed by atoms with Crippen LogP contribution in [0.5, 0.6) is 5.75 Å². The SMILES string of the molecule is COc1cccc(N2CCN(C(=O)c3occc3CSc3ccccc3)CC2)c1. The van der Waals surface area contributed by atoms with E-state index in [1.807, 2.05) is 47.4 Å². The molecular formula is C23H24N2O3S. The van der Waals surface area contributed by atoms with Crippen LogP contribution in [0, 0.1) is 0 Å². The Balaban J connectivity index is 1.37. The van der Waals surface area contributed by atoms with Gasteiger partial charge in [-0.15, -0.1) is 11.8 Å². The van der Waals surface area contributed by atoms with E-state index in [4.69, 9.17) is 9.15 Å². The maximum absolute atomic E-state index is 13.0. The van der Waals surface area contributed by atoms with Crippen molar-refractivity contribution >= 4 is 23.4 Å². The highest BCUT2D eigenvalue weighted by atomic mass is 32.2. The monoisotopic (exact) mass is 408 g/mol. The van der Waals surface area contributed by atoms with Crippen LogP contribution in [0.25, 0.3) is 0 Å². The van der Waals surface area contributed by atoms with Crippen LogP contribution in [0.3, 0.4) is 0 Å². The molecule has 1 aliphatic rings. The van der Waals surface area contributed by atoms with Crippen LogP contribution in [0.2, 0.25) is 0 Å². The molecule has 29 heavy (non-hydrogen) atoms. The van der Waals surface area contributed by atoms with Gasteiger partial charge in [0.25, 0.3) is 5.91 Å². The van der Waals surface area contributed by atoms with Gasteiger partial charge in [-0.1, -0.05) is 24.3 Å². The molecule has 2 heterocycles. The Morgan fingerprint density at radius 1 is 1.03 bits per heavy atom. The number of carbonyl (C=O) groups excluding carboxylic acids is 1. The van der Waals surface area contributed by atoms with E-state index in [2.05, 4.69) is 23.1 Å². The van der Waals surface area contributed by atoms with Crippen LogP contribution >= 0.6 is 11.8 Å². The van der Waals surface area contributed by atoms with Crippen molar-refractivity contribution in [3.05, 3.63) is 78.3 Å². The van der Waals surface area contributed by atoms with E-state index in [-0.39, 0.29) is 5.91 Å². The van der Waals surface area contributed by atoms with Crippen LogP contribution in [0.15, 0.2) is 76.2 Å². The van der Waals surface area contributed by atoms with Gasteiger partial charge in [-0.3, -0.25) is 4.79 Å². The zero-order valence-corrected chi connectivity index (χ0v) is 17.2. The minimum absolute atomic E-state index is 0.0241. The van der Waals surface area contributed by atoms with Crippen molar-refractivity contribution in [3.8, 4) is 5.75 Å². The third-order valence-electron chi connectivity index (χ3n) is 5.06. The molecule has 0 saturated carbocycles. The molecule has 6 heteroatoms. The molecule has 1 saturated heterocycles. The Kier molecular flexibility index (Phi) is 6.10. The lowest BCUT2D eigenvalue weighted by atomic mass is 10.2. The Bertz CT molecular complexity index is 950. The maximum Gasteiger partial charge on any atom is 0.289 e. The summed E-state index contributed by atoms with van der Waals surface area (Å²) in [6, 6.07) is 20.1. The molecule has 0 atom stereocenters. The zero-order chi connectivity index (χ0) is 20.1. The summed E-state index contributed by atoms with van der Waals surface area (Å²) < 4.78 is 10.9. The average molecular weight is 409 g/mol. The lowest BCUT2D eigenvalue weighted by Crippen LogP contribution is -2.48. The average Bonchev–Trinajstić information content (AvgIpc) is 3.27. The maximum atomic E-state index is 13.0. The first-order chi connectivity index (χ1) is 14.2. The largest absolute Gasteiger partial charge is 0.497 e. The minimum Gasteiger partial charge on any atom is -0.497 e. The van der Waals surface area contributed by atoms with Crippen molar-refractivity contribution < 1.29 is 13.9 Å². The minimum atomic E-state index is -0.0241. The highest BCUT2D eigenvalue weighted by Gasteiger charge is 2.26. The predicted molar refractivity (Wildman–Crippen MR) is 116 cm³/mol. The number of nitrogens with zero attached hydrogens (tertiary/aromatic N) is 2. The number of thioether (sulfide) groups is 1. The lowest BCUT2D eigenvalue weighted by molar-refractivity contribution is 0.0713. The molecule has 1 aromatic heterocycles. The molecule has 150 valence electrons. The standard InChI is InChI=1S/C23H24N2O3S/c1-27-20-7-5-6-19(16-20)24-11-13-25(14-12-24)23(26)22-18(10-15-28-22)17-29-21-8-3-2-4-9-21/h2-10,15-16H,11-14,17H2,1H3. The summed E-state index contributed by atoms with van der Waals surface area (Å²) in [5, 5.41) is 0. The van der Waals surface area contributed by atoms with Gasteiger partial charge in [-0.25, -0.2) is 0 Å². The summed E-state index contributed by atoms with van der Waals surface area (Å²) in [6.45, 7) is 2.91. The molecule has 3 aromatic rings. The molecule has 1 fully saturated rings. The number of benzene rings is 2. The first-order valence-electron chi connectivity index (χ1n) is 9.67. The predicted octanol–water partition coefficient (Wildman–Crippen LogP) is 4.54. The van der Waals surface area contributed by atoms with Crippen molar-refractivity contribution in [1.29, 1.82) is 0 Å². The topological polar surface area (TPSA) is 45.9 Å².